The number of nitrogens with one attached hydrogen (secondary N) is 1. The largest absolute Gasteiger partial charge is 0.494 e. The van der Waals surface area contributed by atoms with Crippen LogP contribution in [0.1, 0.15) is 12.5 Å². The number of benzene rings is 2. The Morgan fingerprint density at radius 1 is 1.15 bits per heavy atom. The van der Waals surface area contributed by atoms with E-state index in [-0.39, 0.29) is 11.3 Å². The fourth-order valence-corrected chi connectivity index (χ4v) is 2.81. The number of H-pyrrole nitrogens is 1. The first kappa shape index (κ1) is 16.1. The number of ether oxygens (including phenoxy) is 1. The Kier molecular flexibility index (Phi) is 4.01. The third kappa shape index (κ3) is 2.86. The standard InChI is InChI=1S/C20H17N3O3/c1-3-25-14-7-5-13(6-8-14)19-22-20(26-23-19)16-11-21-17-9-4-12(2)10-15(17)18(16)24/h4-11H,3H2,1-2H3,(H,21,24). The van der Waals surface area contributed by atoms with Crippen molar-refractivity contribution in [1.29, 1.82) is 0 Å². The molecule has 2 aromatic carbocycles. The zero-order valence-electron chi connectivity index (χ0n) is 14.4. The van der Waals surface area contributed by atoms with Gasteiger partial charge in [-0.15, -0.1) is 0 Å². The predicted molar refractivity (Wildman–Crippen MR) is 99.2 cm³/mol. The van der Waals surface area contributed by atoms with Crippen molar-refractivity contribution < 1.29 is 9.26 Å². The molecular weight excluding hydrogens is 330 g/mol. The Bertz CT molecular complexity index is 1130. The Hall–Kier alpha value is -3.41. The number of fused-ring (bicyclic) bond motifs is 1. The highest BCUT2D eigenvalue weighted by atomic mass is 16.5. The van der Waals surface area contributed by atoms with Crippen molar-refractivity contribution in [2.75, 3.05) is 6.61 Å². The van der Waals surface area contributed by atoms with Crippen LogP contribution in [0, 0.1) is 6.92 Å². The average molecular weight is 347 g/mol. The molecule has 6 nitrogen and oxygen atoms in total. The van der Waals surface area contributed by atoms with Gasteiger partial charge in [0.2, 0.25) is 11.3 Å². The summed E-state index contributed by atoms with van der Waals surface area (Å²) in [5, 5.41) is 4.60. The Balaban J connectivity index is 1.73. The number of hydrogen-bond acceptors (Lipinski definition) is 5. The molecule has 6 heteroatoms. The van der Waals surface area contributed by atoms with E-state index in [1.807, 2.05) is 56.3 Å². The topological polar surface area (TPSA) is 81.0 Å². The van der Waals surface area contributed by atoms with Crippen LogP contribution in [-0.4, -0.2) is 21.7 Å². The van der Waals surface area contributed by atoms with E-state index >= 15 is 0 Å². The molecule has 0 saturated heterocycles. The summed E-state index contributed by atoms with van der Waals surface area (Å²) in [7, 11) is 0. The molecule has 4 aromatic rings. The summed E-state index contributed by atoms with van der Waals surface area (Å²) in [6.07, 6.45) is 1.61. The van der Waals surface area contributed by atoms with E-state index in [1.54, 1.807) is 6.20 Å². The number of hydrogen-bond donors (Lipinski definition) is 1. The molecule has 4 rings (SSSR count). The number of pyridine rings is 1. The Labute approximate surface area is 149 Å². The molecule has 130 valence electrons. The van der Waals surface area contributed by atoms with Crippen LogP contribution >= 0.6 is 0 Å². The van der Waals surface area contributed by atoms with E-state index in [2.05, 4.69) is 15.1 Å². The lowest BCUT2D eigenvalue weighted by molar-refractivity contribution is 0.340. The van der Waals surface area contributed by atoms with Gasteiger partial charge >= 0.3 is 0 Å². The Morgan fingerprint density at radius 3 is 2.73 bits per heavy atom. The van der Waals surface area contributed by atoms with Gasteiger partial charge in [-0.25, -0.2) is 0 Å². The fourth-order valence-electron chi connectivity index (χ4n) is 2.81. The van der Waals surface area contributed by atoms with Crippen molar-refractivity contribution in [2.45, 2.75) is 13.8 Å². The lowest BCUT2D eigenvalue weighted by Gasteiger charge is -2.02. The molecule has 0 unspecified atom stereocenters. The molecule has 0 saturated carbocycles. The van der Waals surface area contributed by atoms with Gasteiger partial charge in [0.25, 0.3) is 5.89 Å². The molecule has 0 fully saturated rings. The van der Waals surface area contributed by atoms with Crippen LogP contribution in [0.4, 0.5) is 0 Å². The minimum Gasteiger partial charge on any atom is -0.494 e. The molecule has 0 spiro atoms. The van der Waals surface area contributed by atoms with E-state index in [4.69, 9.17) is 9.26 Å². The van der Waals surface area contributed by atoms with Gasteiger partial charge in [0, 0.05) is 22.7 Å². The molecule has 26 heavy (non-hydrogen) atoms. The number of nitrogens with zero attached hydrogens (tertiary/aromatic N) is 2. The molecule has 0 bridgehead atoms. The smallest absolute Gasteiger partial charge is 0.263 e. The first-order chi connectivity index (χ1) is 12.7. The molecule has 0 amide bonds. The summed E-state index contributed by atoms with van der Waals surface area (Å²) < 4.78 is 10.8. The van der Waals surface area contributed by atoms with E-state index in [0.717, 1.165) is 22.4 Å². The van der Waals surface area contributed by atoms with Crippen molar-refractivity contribution >= 4 is 10.9 Å². The van der Waals surface area contributed by atoms with Crippen molar-refractivity contribution in [3.63, 3.8) is 0 Å². The second-order valence-corrected chi connectivity index (χ2v) is 5.96. The molecule has 0 radical (unpaired) electrons. The van der Waals surface area contributed by atoms with Crippen molar-refractivity contribution in [2.24, 2.45) is 0 Å². The van der Waals surface area contributed by atoms with Gasteiger partial charge in [0.15, 0.2) is 0 Å². The molecule has 0 atom stereocenters. The van der Waals surface area contributed by atoms with Gasteiger partial charge in [-0.3, -0.25) is 4.79 Å². The van der Waals surface area contributed by atoms with Gasteiger partial charge in [-0.2, -0.15) is 4.98 Å². The molecule has 0 aliphatic carbocycles. The first-order valence-corrected chi connectivity index (χ1v) is 8.35. The highest BCUT2D eigenvalue weighted by molar-refractivity contribution is 5.82. The van der Waals surface area contributed by atoms with Crippen LogP contribution in [-0.2, 0) is 0 Å². The molecule has 2 aromatic heterocycles. The lowest BCUT2D eigenvalue weighted by Crippen LogP contribution is -2.06. The van der Waals surface area contributed by atoms with E-state index < -0.39 is 0 Å². The average Bonchev–Trinajstić information content (AvgIpc) is 3.13. The summed E-state index contributed by atoms with van der Waals surface area (Å²) in [4.78, 5) is 20.3. The minimum atomic E-state index is -0.135. The molecule has 0 aliphatic heterocycles. The third-order valence-electron chi connectivity index (χ3n) is 4.12. The van der Waals surface area contributed by atoms with Crippen molar-refractivity contribution in [1.82, 2.24) is 15.1 Å². The van der Waals surface area contributed by atoms with Crippen molar-refractivity contribution in [3.05, 3.63) is 64.4 Å². The first-order valence-electron chi connectivity index (χ1n) is 8.35. The highest BCUT2D eigenvalue weighted by Crippen LogP contribution is 2.23. The number of aromatic nitrogens is 3. The van der Waals surface area contributed by atoms with Crippen molar-refractivity contribution in [3.8, 4) is 28.6 Å². The third-order valence-corrected chi connectivity index (χ3v) is 4.12. The van der Waals surface area contributed by atoms with Gasteiger partial charge in [-0.1, -0.05) is 16.8 Å². The number of aryl methyl sites for hydroxylation is 1. The SMILES string of the molecule is CCOc1ccc(-c2noc(-c3c[nH]c4ccc(C)cc4c3=O)n2)cc1. The maximum Gasteiger partial charge on any atom is 0.263 e. The van der Waals surface area contributed by atoms with Gasteiger partial charge in [0.1, 0.15) is 11.3 Å². The summed E-state index contributed by atoms with van der Waals surface area (Å²) in [5.74, 6) is 1.40. The fraction of sp³-hybridized carbons (Fsp3) is 0.150. The second kappa shape index (κ2) is 6.48. The van der Waals surface area contributed by atoms with Crippen LogP contribution < -0.4 is 10.2 Å². The van der Waals surface area contributed by atoms with Crippen LogP contribution in [0.15, 0.2) is 58.0 Å². The predicted octanol–water partition coefficient (Wildman–Crippen LogP) is 3.95. The molecular formula is C20H17N3O3. The van der Waals surface area contributed by atoms with Crippen LogP contribution in [0.5, 0.6) is 5.75 Å². The maximum atomic E-state index is 12.8. The summed E-state index contributed by atoms with van der Waals surface area (Å²) >= 11 is 0. The zero-order chi connectivity index (χ0) is 18.1. The normalized spacial score (nSPS) is 11.0. The second-order valence-electron chi connectivity index (χ2n) is 5.96. The molecule has 0 aliphatic rings. The van der Waals surface area contributed by atoms with E-state index in [9.17, 15) is 4.79 Å². The van der Waals surface area contributed by atoms with Gasteiger partial charge in [-0.05, 0) is 50.2 Å². The van der Waals surface area contributed by atoms with Crippen LogP contribution in [0.3, 0.4) is 0 Å². The summed E-state index contributed by atoms with van der Waals surface area (Å²) in [5.41, 5.74) is 2.80. The minimum absolute atomic E-state index is 0.135. The van der Waals surface area contributed by atoms with Gasteiger partial charge < -0.3 is 14.2 Å². The van der Waals surface area contributed by atoms with E-state index in [0.29, 0.717) is 23.4 Å². The van der Waals surface area contributed by atoms with Gasteiger partial charge in [0.05, 0.1) is 6.61 Å². The number of rotatable bonds is 4. The highest BCUT2D eigenvalue weighted by Gasteiger charge is 2.15. The van der Waals surface area contributed by atoms with E-state index in [1.165, 1.54) is 0 Å². The lowest BCUT2D eigenvalue weighted by atomic mass is 10.1. The molecule has 2 heterocycles. The number of aromatic amines is 1. The van der Waals surface area contributed by atoms with Crippen LogP contribution in [0.2, 0.25) is 0 Å². The monoisotopic (exact) mass is 347 g/mol. The zero-order valence-corrected chi connectivity index (χ0v) is 14.4. The maximum absolute atomic E-state index is 12.8. The van der Waals surface area contributed by atoms with Crippen LogP contribution in [0.25, 0.3) is 33.7 Å². The quantitative estimate of drug-likeness (QED) is 0.604. The molecule has 1 N–H and O–H groups in total. The summed E-state index contributed by atoms with van der Waals surface area (Å²) in [6.45, 7) is 4.49. The summed E-state index contributed by atoms with van der Waals surface area (Å²) in [6, 6.07) is 13.1. The Morgan fingerprint density at radius 2 is 1.96 bits per heavy atom.